The fraction of sp³-hybridized carbons (Fsp3) is 0.200. The van der Waals surface area contributed by atoms with E-state index in [1.165, 1.54) is 11.0 Å². The van der Waals surface area contributed by atoms with Crippen molar-refractivity contribution in [3.63, 3.8) is 0 Å². The van der Waals surface area contributed by atoms with E-state index in [0.717, 1.165) is 18.4 Å². The van der Waals surface area contributed by atoms with E-state index in [-0.39, 0.29) is 0 Å². The molecule has 0 aromatic heterocycles. The van der Waals surface area contributed by atoms with Gasteiger partial charge in [-0.05, 0) is 18.2 Å². The van der Waals surface area contributed by atoms with Crippen molar-refractivity contribution in [2.24, 2.45) is 0 Å². The van der Waals surface area contributed by atoms with Gasteiger partial charge >= 0.3 is 0 Å². The Hall–Kier alpha value is -1.39. The Morgan fingerprint density at radius 1 is 0.947 bits per heavy atom. The fourth-order valence-electron chi connectivity index (χ4n) is 1.67. The summed E-state index contributed by atoms with van der Waals surface area (Å²) in [5.41, 5.74) is 0.365. The van der Waals surface area contributed by atoms with Gasteiger partial charge in [0.15, 0.2) is 11.6 Å². The van der Waals surface area contributed by atoms with Gasteiger partial charge in [-0.25, -0.2) is 8.78 Å². The SMILES string of the molecule is Fc1cccc(CNCCSc2ccccc2)c1F. The molecule has 1 nitrogen and oxygen atoms in total. The highest BCUT2D eigenvalue weighted by molar-refractivity contribution is 7.99. The molecule has 0 saturated carbocycles. The molecule has 0 unspecified atom stereocenters. The standard InChI is InChI=1S/C15H15F2NS/c16-14-8-4-5-12(15(14)17)11-18-9-10-19-13-6-2-1-3-7-13/h1-8,18H,9-11H2. The molecule has 2 aromatic rings. The number of hydrogen-bond donors (Lipinski definition) is 1. The van der Waals surface area contributed by atoms with Crippen molar-refractivity contribution in [3.05, 3.63) is 65.7 Å². The minimum absolute atomic E-state index is 0.346. The molecular formula is C15H15F2NS. The Bertz CT molecular complexity index is 517. The Morgan fingerprint density at radius 2 is 1.74 bits per heavy atom. The molecule has 2 aromatic carbocycles. The summed E-state index contributed by atoms with van der Waals surface area (Å²) in [4.78, 5) is 1.21. The van der Waals surface area contributed by atoms with E-state index in [1.54, 1.807) is 17.8 Å². The predicted molar refractivity (Wildman–Crippen MR) is 75.2 cm³/mol. The average molecular weight is 279 g/mol. The summed E-state index contributed by atoms with van der Waals surface area (Å²) >= 11 is 1.73. The first-order valence-electron chi connectivity index (χ1n) is 6.09. The lowest BCUT2D eigenvalue weighted by atomic mass is 10.2. The van der Waals surface area contributed by atoms with Crippen molar-refractivity contribution in [1.82, 2.24) is 5.32 Å². The summed E-state index contributed by atoms with van der Waals surface area (Å²) in [6.07, 6.45) is 0. The Labute approximate surface area is 116 Å². The van der Waals surface area contributed by atoms with Crippen LogP contribution in [-0.4, -0.2) is 12.3 Å². The summed E-state index contributed by atoms with van der Waals surface area (Å²) in [5.74, 6) is -0.662. The molecule has 0 radical (unpaired) electrons. The zero-order valence-corrected chi connectivity index (χ0v) is 11.2. The maximum atomic E-state index is 13.4. The van der Waals surface area contributed by atoms with Crippen LogP contribution in [0.5, 0.6) is 0 Å². The van der Waals surface area contributed by atoms with Gasteiger partial charge in [0.25, 0.3) is 0 Å². The number of thioether (sulfide) groups is 1. The molecule has 19 heavy (non-hydrogen) atoms. The second kappa shape index (κ2) is 7.26. The molecule has 0 spiro atoms. The van der Waals surface area contributed by atoms with Crippen molar-refractivity contribution in [2.45, 2.75) is 11.4 Å². The van der Waals surface area contributed by atoms with E-state index in [9.17, 15) is 8.78 Å². The van der Waals surface area contributed by atoms with Crippen molar-refractivity contribution in [3.8, 4) is 0 Å². The van der Waals surface area contributed by atoms with Gasteiger partial charge in [-0.15, -0.1) is 11.8 Å². The molecule has 0 bridgehead atoms. The van der Waals surface area contributed by atoms with E-state index in [1.807, 2.05) is 18.2 Å². The second-order valence-electron chi connectivity index (χ2n) is 4.05. The minimum atomic E-state index is -0.794. The third-order valence-electron chi connectivity index (χ3n) is 2.64. The van der Waals surface area contributed by atoms with Crippen molar-refractivity contribution in [2.75, 3.05) is 12.3 Å². The highest BCUT2D eigenvalue weighted by Gasteiger charge is 2.06. The molecule has 0 heterocycles. The molecular weight excluding hydrogens is 264 g/mol. The number of nitrogens with one attached hydrogen (secondary N) is 1. The number of halogens is 2. The lowest BCUT2D eigenvalue weighted by Crippen LogP contribution is -2.17. The van der Waals surface area contributed by atoms with Crippen LogP contribution < -0.4 is 5.32 Å². The van der Waals surface area contributed by atoms with E-state index in [0.29, 0.717) is 12.1 Å². The lowest BCUT2D eigenvalue weighted by molar-refractivity contribution is 0.494. The molecule has 0 atom stereocenters. The normalized spacial score (nSPS) is 10.6. The molecule has 0 saturated heterocycles. The predicted octanol–water partition coefficient (Wildman–Crippen LogP) is 3.85. The maximum Gasteiger partial charge on any atom is 0.163 e. The quantitative estimate of drug-likeness (QED) is 0.637. The molecule has 1 N–H and O–H groups in total. The molecule has 2 rings (SSSR count). The molecule has 4 heteroatoms. The van der Waals surface area contributed by atoms with Crippen LogP contribution in [0, 0.1) is 11.6 Å². The zero-order chi connectivity index (χ0) is 13.5. The largest absolute Gasteiger partial charge is 0.312 e. The number of rotatable bonds is 6. The van der Waals surface area contributed by atoms with Gasteiger partial charge in [-0.2, -0.15) is 0 Å². The Morgan fingerprint density at radius 3 is 2.53 bits per heavy atom. The van der Waals surface area contributed by atoms with Crippen LogP contribution in [0.1, 0.15) is 5.56 Å². The first kappa shape index (κ1) is 14.0. The third kappa shape index (κ3) is 4.33. The smallest absolute Gasteiger partial charge is 0.163 e. The first-order valence-corrected chi connectivity index (χ1v) is 7.07. The molecule has 0 aliphatic heterocycles. The average Bonchev–Trinajstić information content (AvgIpc) is 2.44. The summed E-state index contributed by atoms with van der Waals surface area (Å²) < 4.78 is 26.3. The topological polar surface area (TPSA) is 12.0 Å². The minimum Gasteiger partial charge on any atom is -0.312 e. The van der Waals surface area contributed by atoms with Crippen LogP contribution in [0.25, 0.3) is 0 Å². The van der Waals surface area contributed by atoms with Crippen LogP contribution in [-0.2, 0) is 6.54 Å². The van der Waals surface area contributed by atoms with E-state index >= 15 is 0 Å². The highest BCUT2D eigenvalue weighted by atomic mass is 32.2. The maximum absolute atomic E-state index is 13.4. The van der Waals surface area contributed by atoms with Crippen molar-refractivity contribution in [1.29, 1.82) is 0 Å². The summed E-state index contributed by atoms with van der Waals surface area (Å²) in [6.45, 7) is 1.09. The van der Waals surface area contributed by atoms with E-state index in [4.69, 9.17) is 0 Å². The molecule has 0 aliphatic rings. The van der Waals surface area contributed by atoms with Gasteiger partial charge in [-0.1, -0.05) is 30.3 Å². The van der Waals surface area contributed by atoms with Gasteiger partial charge in [0.1, 0.15) is 0 Å². The second-order valence-corrected chi connectivity index (χ2v) is 5.22. The van der Waals surface area contributed by atoms with E-state index in [2.05, 4.69) is 17.4 Å². The summed E-state index contributed by atoms with van der Waals surface area (Å²) in [7, 11) is 0. The van der Waals surface area contributed by atoms with Crippen molar-refractivity contribution >= 4 is 11.8 Å². The van der Waals surface area contributed by atoms with E-state index < -0.39 is 11.6 Å². The zero-order valence-electron chi connectivity index (χ0n) is 10.4. The van der Waals surface area contributed by atoms with Gasteiger partial charge in [0, 0.05) is 29.3 Å². The lowest BCUT2D eigenvalue weighted by Gasteiger charge is -2.06. The third-order valence-corrected chi connectivity index (χ3v) is 3.65. The monoisotopic (exact) mass is 279 g/mol. The first-order chi connectivity index (χ1) is 9.27. The summed E-state index contributed by atoms with van der Waals surface area (Å²) in [6, 6.07) is 14.3. The van der Waals surface area contributed by atoms with Gasteiger partial charge < -0.3 is 5.32 Å². The van der Waals surface area contributed by atoms with Gasteiger partial charge in [-0.3, -0.25) is 0 Å². The van der Waals surface area contributed by atoms with Crippen LogP contribution in [0.2, 0.25) is 0 Å². The highest BCUT2D eigenvalue weighted by Crippen LogP contribution is 2.16. The fourth-order valence-corrected chi connectivity index (χ4v) is 2.50. The number of hydrogen-bond acceptors (Lipinski definition) is 2. The molecule has 0 aliphatic carbocycles. The summed E-state index contributed by atoms with van der Waals surface area (Å²) in [5, 5.41) is 3.11. The van der Waals surface area contributed by atoms with Gasteiger partial charge in [0.05, 0.1) is 0 Å². The molecule has 100 valence electrons. The Balaban J connectivity index is 1.71. The van der Waals surface area contributed by atoms with Gasteiger partial charge in [0.2, 0.25) is 0 Å². The number of benzene rings is 2. The molecule has 0 amide bonds. The van der Waals surface area contributed by atoms with Crippen LogP contribution >= 0.6 is 11.8 Å². The van der Waals surface area contributed by atoms with Crippen LogP contribution in [0.15, 0.2) is 53.4 Å². The van der Waals surface area contributed by atoms with Crippen LogP contribution in [0.3, 0.4) is 0 Å². The van der Waals surface area contributed by atoms with Crippen molar-refractivity contribution < 1.29 is 8.78 Å². The van der Waals surface area contributed by atoms with Crippen LogP contribution in [0.4, 0.5) is 8.78 Å². The Kier molecular flexibility index (Phi) is 5.36. The molecule has 0 fully saturated rings.